The van der Waals surface area contributed by atoms with Crippen molar-refractivity contribution in [1.29, 1.82) is 10.5 Å². The number of nitriles is 2. The van der Waals surface area contributed by atoms with Crippen LogP contribution in [0.2, 0.25) is 0 Å². The van der Waals surface area contributed by atoms with Gasteiger partial charge in [0.1, 0.15) is 11.5 Å². The summed E-state index contributed by atoms with van der Waals surface area (Å²) in [5, 5.41) is 17.7. The molecule has 1 aliphatic rings. The lowest BCUT2D eigenvalue weighted by Crippen LogP contribution is -2.43. The molecule has 1 atom stereocenters. The molecule has 309 valence electrons. The average molecular weight is 802 g/mol. The zero-order valence-electron chi connectivity index (χ0n) is 34.3. The summed E-state index contributed by atoms with van der Waals surface area (Å²) >= 11 is 0. The number of hydrogen-bond acceptors (Lipinski definition) is 9. The summed E-state index contributed by atoms with van der Waals surface area (Å²) in [5.74, 6) is 1.54. The molecule has 4 aromatic rings. The predicted octanol–water partition coefficient (Wildman–Crippen LogP) is 9.80. The maximum atomic E-state index is 9.67. The molecule has 58 heavy (non-hydrogen) atoms. The van der Waals surface area contributed by atoms with Gasteiger partial charge in [0, 0.05) is 39.6 Å². The second-order valence-electron chi connectivity index (χ2n) is 13.6. The Morgan fingerprint density at radius 1 is 0.655 bits per heavy atom. The number of nitrogens with zero attached hydrogens (tertiary/aromatic N) is 2. The van der Waals surface area contributed by atoms with Crippen LogP contribution in [0.3, 0.4) is 0 Å². The molecule has 0 N–H and O–H groups in total. The molecule has 5 rings (SSSR count). The molecule has 1 fully saturated rings. The Hall–Kier alpha value is -4.82. The maximum absolute atomic E-state index is 9.67. The van der Waals surface area contributed by atoms with Crippen molar-refractivity contribution in [2.45, 2.75) is 41.0 Å². The molecule has 1 unspecified atom stereocenters. The first-order valence-electron chi connectivity index (χ1n) is 18.6. The maximum Gasteiger partial charge on any atom is 0.762 e. The summed E-state index contributed by atoms with van der Waals surface area (Å²) < 4.78 is 66.7. The van der Waals surface area contributed by atoms with Crippen LogP contribution in [0.1, 0.15) is 52.2 Å². The van der Waals surface area contributed by atoms with Gasteiger partial charge in [0.15, 0.2) is 13.6 Å². The molecular formula is C44H54B2F3N2O7. The number of ether oxygens (including phenoxy) is 7. The van der Waals surface area contributed by atoms with E-state index >= 15 is 0 Å². The van der Waals surface area contributed by atoms with Crippen LogP contribution in [0, 0.1) is 33.5 Å². The summed E-state index contributed by atoms with van der Waals surface area (Å²) in [4.78, 5) is 0. The Kier molecular flexibility index (Phi) is 25.2. The Morgan fingerprint density at radius 3 is 1.33 bits per heavy atom. The number of rotatable bonds is 17. The van der Waals surface area contributed by atoms with Crippen LogP contribution in [0.15, 0.2) is 97.1 Å². The van der Waals surface area contributed by atoms with Crippen molar-refractivity contribution in [3.05, 3.63) is 108 Å². The Morgan fingerprint density at radius 2 is 1.03 bits per heavy atom. The van der Waals surface area contributed by atoms with Gasteiger partial charge in [-0.15, -0.1) is 0 Å². The topological polar surface area (TPSA) is 112 Å². The van der Waals surface area contributed by atoms with Crippen LogP contribution in [0.5, 0.6) is 11.5 Å². The fraction of sp³-hybridized carbons (Fsp3) is 0.409. The van der Waals surface area contributed by atoms with E-state index in [2.05, 4.69) is 32.9 Å². The van der Waals surface area contributed by atoms with Crippen LogP contribution in [-0.4, -0.2) is 82.9 Å². The van der Waals surface area contributed by atoms with E-state index < -0.39 is 7.54 Å². The van der Waals surface area contributed by atoms with Crippen molar-refractivity contribution in [1.82, 2.24) is 0 Å². The summed E-state index contributed by atoms with van der Waals surface area (Å²) in [6.07, 6.45) is 0.986. The van der Waals surface area contributed by atoms with E-state index in [-0.39, 0.29) is 32.8 Å². The van der Waals surface area contributed by atoms with Crippen molar-refractivity contribution >= 4 is 16.0 Å². The van der Waals surface area contributed by atoms with Crippen LogP contribution < -0.4 is 9.47 Å². The Labute approximate surface area is 344 Å². The third kappa shape index (κ3) is 20.0. The monoisotopic (exact) mass is 801 g/mol. The van der Waals surface area contributed by atoms with Crippen molar-refractivity contribution in [2.24, 2.45) is 10.8 Å². The molecule has 9 nitrogen and oxygen atoms in total. The summed E-state index contributed by atoms with van der Waals surface area (Å²) in [6, 6.07) is 35.0. The number of benzene rings is 4. The van der Waals surface area contributed by atoms with E-state index in [1.165, 1.54) is 0 Å². The minimum absolute atomic E-state index is 0. The van der Waals surface area contributed by atoms with Gasteiger partial charge in [-0.2, -0.15) is 10.5 Å². The summed E-state index contributed by atoms with van der Waals surface area (Å²) in [5.41, 5.74) is 5.79. The molecule has 0 spiro atoms. The van der Waals surface area contributed by atoms with Gasteiger partial charge in [-0.05, 0) is 91.1 Å². The van der Waals surface area contributed by atoms with Crippen molar-refractivity contribution in [2.75, 3.05) is 66.9 Å². The van der Waals surface area contributed by atoms with Crippen molar-refractivity contribution in [3.63, 3.8) is 0 Å². The van der Waals surface area contributed by atoms with Gasteiger partial charge in [0.05, 0.1) is 56.3 Å². The van der Waals surface area contributed by atoms with Gasteiger partial charge in [0.25, 0.3) is 0 Å². The third-order valence-corrected chi connectivity index (χ3v) is 8.58. The molecule has 1 saturated heterocycles. The minimum atomic E-state index is -3.67. The van der Waals surface area contributed by atoms with E-state index in [1.54, 1.807) is 7.11 Å². The van der Waals surface area contributed by atoms with Crippen LogP contribution in [-0.2, 0) is 23.7 Å². The fourth-order valence-electron chi connectivity index (χ4n) is 5.09. The largest absolute Gasteiger partial charge is 0.762 e. The van der Waals surface area contributed by atoms with Crippen LogP contribution in [0.25, 0.3) is 22.3 Å². The Bertz CT molecular complexity index is 1750. The van der Waals surface area contributed by atoms with E-state index in [4.69, 9.17) is 43.7 Å². The fourth-order valence-corrected chi connectivity index (χ4v) is 5.09. The zero-order chi connectivity index (χ0) is 41.9. The lowest BCUT2D eigenvalue weighted by Gasteiger charge is -2.37. The second kappa shape index (κ2) is 28.6. The van der Waals surface area contributed by atoms with Gasteiger partial charge >= 0.3 is 7.54 Å². The normalized spacial score (nSPS) is 12.9. The Balaban J connectivity index is 0.000000474. The molecule has 0 bridgehead atoms. The number of halogens is 3. The third-order valence-electron chi connectivity index (χ3n) is 8.58. The highest BCUT2D eigenvalue weighted by Crippen LogP contribution is 2.27. The molecule has 0 aromatic heterocycles. The van der Waals surface area contributed by atoms with Gasteiger partial charge in [0.2, 0.25) is 0 Å². The zero-order valence-corrected chi connectivity index (χ0v) is 34.3. The van der Waals surface area contributed by atoms with Gasteiger partial charge in [-0.3, -0.25) is 12.9 Å². The van der Waals surface area contributed by atoms with Crippen molar-refractivity contribution in [3.8, 4) is 45.9 Å². The molecular weight excluding hydrogens is 747 g/mol. The predicted molar refractivity (Wildman–Crippen MR) is 222 cm³/mol. The second-order valence-corrected chi connectivity index (χ2v) is 13.6. The lowest BCUT2D eigenvalue weighted by molar-refractivity contribution is -0.151. The lowest BCUT2D eigenvalue weighted by atomic mass is 9.90. The van der Waals surface area contributed by atoms with Crippen LogP contribution in [0.4, 0.5) is 12.9 Å². The smallest absolute Gasteiger partial charge is 0.468 e. The van der Waals surface area contributed by atoms with E-state index in [1.807, 2.05) is 111 Å². The molecule has 0 aliphatic carbocycles. The first-order valence-corrected chi connectivity index (χ1v) is 18.6. The molecule has 3 radical (unpaired) electrons. The summed E-state index contributed by atoms with van der Waals surface area (Å²) in [6.45, 7) is 16.0. The van der Waals surface area contributed by atoms with E-state index in [0.29, 0.717) is 30.9 Å². The minimum Gasteiger partial charge on any atom is -0.468 e. The van der Waals surface area contributed by atoms with Crippen molar-refractivity contribution < 1.29 is 46.1 Å². The first kappa shape index (κ1) is 51.2. The average Bonchev–Trinajstić information content (AvgIpc) is 3.22. The van der Waals surface area contributed by atoms with Gasteiger partial charge in [-0.1, -0.05) is 69.3 Å². The van der Waals surface area contributed by atoms with Gasteiger partial charge < -0.3 is 33.2 Å². The SMILES string of the molecule is CC1(COCOc2ccc(-c3ccc(C#N)cc3)cc2)COC1.CCC(C)(COC)COCOc1ccc(-c2ccc(C#N)cc2)cc1.CCOCC.FB(F)F.[B]. The van der Waals surface area contributed by atoms with Gasteiger partial charge in [-0.25, -0.2) is 0 Å². The molecule has 14 heteroatoms. The van der Waals surface area contributed by atoms with E-state index in [0.717, 1.165) is 66.6 Å². The molecule has 0 saturated carbocycles. The highest BCUT2D eigenvalue weighted by Gasteiger charge is 2.33. The van der Waals surface area contributed by atoms with E-state index in [9.17, 15) is 12.9 Å². The standard InChI is InChI=1S/C21H25NO3.C19H19NO3.C4H10O.BF3.B/c1-4-21(2,14-23-3)15-24-16-25-20-11-9-19(10-12-20)18-7-5-17(13-22)6-8-18;1-19(11-21-12-19)13-22-14-23-18-8-6-17(7-9-18)16-4-2-15(10-20)3-5-16;1-3-5-4-2;2-1(3)4;/h5-12H,4,14-16H2,1-3H3;2-9H,11-14H2,1H3;3-4H2,1-2H3;;. The summed E-state index contributed by atoms with van der Waals surface area (Å²) in [7, 11) is -1.96. The highest BCUT2D eigenvalue weighted by molar-refractivity contribution is 6.33. The molecule has 1 heterocycles. The first-order chi connectivity index (χ1) is 27.4. The highest BCUT2D eigenvalue weighted by atomic mass is 19.4. The molecule has 0 amide bonds. The molecule has 4 aromatic carbocycles. The quantitative estimate of drug-likeness (QED) is 0.0585. The number of methoxy groups -OCH3 is 1. The molecule has 1 aliphatic heterocycles. The van der Waals surface area contributed by atoms with Crippen LogP contribution >= 0.6 is 0 Å². The number of hydrogen-bond donors (Lipinski definition) is 0.